The molecular weight excluding hydrogens is 198 g/mol. The number of hydrogen-bond acceptors (Lipinski definition) is 0. The predicted molar refractivity (Wildman–Crippen MR) is 65.0 cm³/mol. The monoisotopic (exact) mass is 210 g/mol. The zero-order chi connectivity index (χ0) is 11.3. The molecule has 0 saturated carbocycles. The Morgan fingerprint density at radius 2 is 1.25 bits per heavy atom. The van der Waals surface area contributed by atoms with Gasteiger partial charge >= 0.3 is 0 Å². The molecule has 0 aliphatic rings. The second-order valence-electron chi connectivity index (χ2n) is 4.34. The molecule has 1 aromatic heterocycles. The first-order chi connectivity index (χ1) is 7.66. The van der Waals surface area contributed by atoms with Crippen molar-refractivity contribution in [1.82, 2.24) is 4.73 Å². The lowest BCUT2D eigenvalue weighted by molar-refractivity contribution is 0.114. The Balaban J connectivity index is 2.59. The quantitative estimate of drug-likeness (QED) is 0.541. The Hall–Kier alpha value is -1.96. The summed E-state index contributed by atoms with van der Waals surface area (Å²) in [6, 6.07) is 12.0. The number of aromatic nitrogens is 1. The summed E-state index contributed by atoms with van der Waals surface area (Å²) in [5.41, 5.74) is 3.76. The van der Waals surface area contributed by atoms with Gasteiger partial charge in [-0.2, -0.15) is 5.21 Å². The fourth-order valence-corrected chi connectivity index (χ4v) is 2.20. The minimum Gasteiger partial charge on any atom is -0.165 e. The summed E-state index contributed by atoms with van der Waals surface area (Å²) in [7, 11) is 0. The summed E-state index contributed by atoms with van der Waals surface area (Å²) in [5, 5.41) is 14.2. The van der Waals surface area contributed by atoms with Crippen molar-refractivity contribution in [3.63, 3.8) is 0 Å². The molecule has 16 heavy (non-hydrogen) atoms. The van der Waals surface area contributed by atoms with Gasteiger partial charge in [0.25, 0.3) is 0 Å². The van der Waals surface area contributed by atoms with E-state index in [2.05, 4.69) is 0 Å². The van der Waals surface area contributed by atoms with Crippen LogP contribution in [0.5, 0.6) is 0 Å². The van der Waals surface area contributed by atoms with Crippen LogP contribution in [0.3, 0.4) is 0 Å². The van der Waals surface area contributed by atoms with Gasteiger partial charge in [-0.1, -0.05) is 24.3 Å². The summed E-state index contributed by atoms with van der Waals surface area (Å²) >= 11 is 0. The molecule has 2 heteroatoms. The minimum absolute atomic E-state index is 0.764. The van der Waals surface area contributed by atoms with Crippen molar-refractivity contribution in [1.29, 1.82) is 0 Å². The lowest BCUT2D eigenvalue weighted by atomic mass is 10.1. The number of benzene rings is 2. The summed E-state index contributed by atoms with van der Waals surface area (Å²) in [6.07, 6.45) is 0. The summed E-state index contributed by atoms with van der Waals surface area (Å²) in [4.78, 5) is 0. The number of aryl methyl sites for hydroxylation is 2. The molecule has 0 aliphatic carbocycles. The van der Waals surface area contributed by atoms with E-state index in [9.17, 15) is 5.21 Å². The summed E-state index contributed by atoms with van der Waals surface area (Å²) in [6.45, 7) is 4.00. The molecule has 0 saturated heterocycles. The van der Waals surface area contributed by atoms with Crippen LogP contribution in [0.25, 0.3) is 21.8 Å². The van der Waals surface area contributed by atoms with E-state index in [0.29, 0.717) is 0 Å². The number of fused-ring (bicyclic) bond motifs is 3. The first-order valence-electron chi connectivity index (χ1n) is 5.36. The normalized spacial score (nSPS) is 11.4. The van der Waals surface area contributed by atoms with Crippen LogP contribution in [0.1, 0.15) is 11.1 Å². The van der Waals surface area contributed by atoms with Crippen molar-refractivity contribution in [3.05, 3.63) is 47.5 Å². The lowest BCUT2D eigenvalue weighted by Gasteiger charge is -1.93. The van der Waals surface area contributed by atoms with Crippen LogP contribution < -0.4 is 0 Å². The van der Waals surface area contributed by atoms with Crippen molar-refractivity contribution in [2.45, 2.75) is 13.8 Å². The van der Waals surface area contributed by atoms with Crippen molar-refractivity contribution in [2.75, 3.05) is 0 Å². The molecule has 0 aliphatic heterocycles. The highest BCUT2D eigenvalue weighted by atomic mass is 16.5. The van der Waals surface area contributed by atoms with E-state index in [1.807, 2.05) is 50.2 Å². The van der Waals surface area contributed by atoms with Gasteiger partial charge in [0.15, 0.2) is 0 Å². The predicted octanol–water partition coefficient (Wildman–Crippen LogP) is 3.60. The second-order valence-corrected chi connectivity index (χ2v) is 4.34. The first-order valence-corrected chi connectivity index (χ1v) is 5.36. The van der Waals surface area contributed by atoms with E-state index in [1.54, 1.807) is 0 Å². The summed E-state index contributed by atoms with van der Waals surface area (Å²) in [5.74, 6) is 0. The standard InChI is InChI=1S/C14H12NO/c1-9-3-5-11-12-6-4-10(2)8-14(12)15(16)13(11)7-9/h3-8H,1-2H3. The maximum absolute atomic E-state index is 12.1. The van der Waals surface area contributed by atoms with Gasteiger partial charge in [-0.15, -0.1) is 4.73 Å². The smallest absolute Gasteiger partial charge is 0.0932 e. The maximum Gasteiger partial charge on any atom is 0.0932 e. The van der Waals surface area contributed by atoms with Gasteiger partial charge in [0.1, 0.15) is 0 Å². The molecule has 1 heterocycles. The van der Waals surface area contributed by atoms with Gasteiger partial charge in [0.2, 0.25) is 0 Å². The van der Waals surface area contributed by atoms with Crippen LogP contribution in [0, 0.1) is 13.8 Å². The highest BCUT2D eigenvalue weighted by Gasteiger charge is 2.10. The highest BCUT2D eigenvalue weighted by Crippen LogP contribution is 2.29. The molecule has 79 valence electrons. The Kier molecular flexibility index (Phi) is 1.75. The molecule has 1 radical (unpaired) electrons. The largest absolute Gasteiger partial charge is 0.165 e. The molecule has 0 atom stereocenters. The third kappa shape index (κ3) is 1.13. The molecule has 0 N–H and O–H groups in total. The average molecular weight is 210 g/mol. The van der Waals surface area contributed by atoms with Gasteiger partial charge in [0.05, 0.1) is 11.0 Å². The molecule has 2 nitrogen and oxygen atoms in total. The van der Waals surface area contributed by atoms with E-state index < -0.39 is 0 Å². The van der Waals surface area contributed by atoms with Crippen molar-refractivity contribution in [3.8, 4) is 0 Å². The molecule has 0 bridgehead atoms. The van der Waals surface area contributed by atoms with Gasteiger partial charge < -0.3 is 0 Å². The van der Waals surface area contributed by atoms with Crippen LogP contribution in [0.2, 0.25) is 0 Å². The van der Waals surface area contributed by atoms with E-state index in [1.165, 1.54) is 0 Å². The number of hydrogen-bond donors (Lipinski definition) is 0. The topological polar surface area (TPSA) is 24.8 Å². The molecular formula is C14H12NO. The van der Waals surface area contributed by atoms with Crippen LogP contribution in [0.15, 0.2) is 36.4 Å². The highest BCUT2D eigenvalue weighted by molar-refractivity contribution is 6.07. The molecule has 0 spiro atoms. The Morgan fingerprint density at radius 1 is 0.812 bits per heavy atom. The Bertz CT molecular complexity index is 635. The third-order valence-corrected chi connectivity index (χ3v) is 3.03. The third-order valence-electron chi connectivity index (χ3n) is 3.03. The van der Waals surface area contributed by atoms with Crippen LogP contribution >= 0.6 is 0 Å². The molecule has 0 fully saturated rings. The van der Waals surface area contributed by atoms with Crippen molar-refractivity contribution < 1.29 is 5.21 Å². The van der Waals surface area contributed by atoms with Gasteiger partial charge in [-0.05, 0) is 37.1 Å². The van der Waals surface area contributed by atoms with Gasteiger partial charge in [0, 0.05) is 10.8 Å². The maximum atomic E-state index is 12.1. The average Bonchev–Trinajstić information content (AvgIpc) is 2.53. The van der Waals surface area contributed by atoms with E-state index in [-0.39, 0.29) is 0 Å². The van der Waals surface area contributed by atoms with Crippen molar-refractivity contribution in [2.24, 2.45) is 0 Å². The minimum atomic E-state index is 0.764. The zero-order valence-electron chi connectivity index (χ0n) is 9.32. The van der Waals surface area contributed by atoms with Crippen LogP contribution in [-0.2, 0) is 5.21 Å². The fraction of sp³-hybridized carbons (Fsp3) is 0.143. The van der Waals surface area contributed by atoms with Gasteiger partial charge in [-0.25, -0.2) is 0 Å². The molecule has 0 unspecified atom stereocenters. The van der Waals surface area contributed by atoms with Crippen molar-refractivity contribution >= 4 is 21.8 Å². The van der Waals surface area contributed by atoms with Crippen LogP contribution in [0.4, 0.5) is 0 Å². The van der Waals surface area contributed by atoms with Gasteiger partial charge in [-0.3, -0.25) is 0 Å². The lowest BCUT2D eigenvalue weighted by Crippen LogP contribution is -1.86. The number of nitrogens with zero attached hydrogens (tertiary/aromatic N) is 1. The van der Waals surface area contributed by atoms with E-state index >= 15 is 0 Å². The molecule has 0 amide bonds. The molecule has 3 aromatic rings. The zero-order valence-corrected chi connectivity index (χ0v) is 9.32. The van der Waals surface area contributed by atoms with E-state index in [4.69, 9.17) is 0 Å². The SMILES string of the molecule is Cc1ccc2c3ccc(C)cc3n([O])c2c1. The van der Waals surface area contributed by atoms with E-state index in [0.717, 1.165) is 37.7 Å². The molecule has 3 rings (SSSR count). The molecule has 2 aromatic carbocycles. The second kappa shape index (κ2) is 3.01. The summed E-state index contributed by atoms with van der Waals surface area (Å²) < 4.78 is 1.03. The Morgan fingerprint density at radius 3 is 1.69 bits per heavy atom. The first kappa shape index (κ1) is 9.28. The Labute approximate surface area is 93.7 Å². The number of rotatable bonds is 0. The fourth-order valence-electron chi connectivity index (χ4n) is 2.20. The van der Waals surface area contributed by atoms with Crippen LogP contribution in [-0.4, -0.2) is 4.73 Å².